The lowest BCUT2D eigenvalue weighted by atomic mass is 10.1. The molecule has 6 nitrogen and oxygen atoms in total. The summed E-state index contributed by atoms with van der Waals surface area (Å²) in [7, 11) is 0. The molecule has 0 aliphatic rings. The smallest absolute Gasteiger partial charge is 0.251 e. The molecule has 164 valence electrons. The number of halogens is 2. The third kappa shape index (κ3) is 5.25. The molecular weight excluding hydrogens is 433 g/mol. The van der Waals surface area contributed by atoms with Crippen LogP contribution in [-0.4, -0.2) is 36.6 Å². The predicted molar refractivity (Wildman–Crippen MR) is 124 cm³/mol. The summed E-state index contributed by atoms with van der Waals surface area (Å²) in [6, 6.07) is 7.40. The van der Waals surface area contributed by atoms with Gasteiger partial charge in [0.25, 0.3) is 5.95 Å². The maximum absolute atomic E-state index is 13.3. The van der Waals surface area contributed by atoms with E-state index in [-0.39, 0.29) is 18.4 Å². The van der Waals surface area contributed by atoms with Gasteiger partial charge in [-0.2, -0.15) is 5.10 Å². The summed E-state index contributed by atoms with van der Waals surface area (Å²) >= 11 is 12.2. The van der Waals surface area contributed by atoms with Crippen LogP contribution in [0, 0.1) is 27.7 Å². The molecule has 0 unspecified atom stereocenters. The van der Waals surface area contributed by atoms with Gasteiger partial charge >= 0.3 is 0 Å². The molecule has 0 N–H and O–H groups in total. The SMILES string of the molecule is Cc1cc(C)nc(-n2nc(C)c(CC(=O)N(Cc3ccc(Cl)c(Cl)c3)C(C)C)c2C)n1. The van der Waals surface area contributed by atoms with Gasteiger partial charge < -0.3 is 4.90 Å². The summed E-state index contributed by atoms with van der Waals surface area (Å²) in [5, 5.41) is 5.60. The summed E-state index contributed by atoms with van der Waals surface area (Å²) < 4.78 is 1.72. The van der Waals surface area contributed by atoms with Crippen LogP contribution in [0.15, 0.2) is 24.3 Å². The van der Waals surface area contributed by atoms with Crippen LogP contribution < -0.4 is 0 Å². The van der Waals surface area contributed by atoms with Gasteiger partial charge in [-0.3, -0.25) is 4.79 Å². The molecule has 8 heteroatoms. The molecule has 0 radical (unpaired) electrons. The molecule has 31 heavy (non-hydrogen) atoms. The van der Waals surface area contributed by atoms with Crippen LogP contribution in [0.2, 0.25) is 10.0 Å². The van der Waals surface area contributed by atoms with E-state index in [4.69, 9.17) is 23.2 Å². The van der Waals surface area contributed by atoms with Crippen LogP contribution in [0.3, 0.4) is 0 Å². The number of nitrogens with zero attached hydrogens (tertiary/aromatic N) is 5. The number of hydrogen-bond acceptors (Lipinski definition) is 4. The second kappa shape index (κ2) is 9.37. The topological polar surface area (TPSA) is 63.9 Å². The summed E-state index contributed by atoms with van der Waals surface area (Å²) in [6.07, 6.45) is 0.252. The van der Waals surface area contributed by atoms with Gasteiger partial charge in [-0.1, -0.05) is 29.3 Å². The maximum Gasteiger partial charge on any atom is 0.251 e. The first-order chi connectivity index (χ1) is 14.6. The summed E-state index contributed by atoms with van der Waals surface area (Å²) in [4.78, 5) is 24.1. The van der Waals surface area contributed by atoms with Crippen molar-refractivity contribution in [1.82, 2.24) is 24.6 Å². The molecule has 0 atom stereocenters. The van der Waals surface area contributed by atoms with Crippen molar-refractivity contribution in [1.29, 1.82) is 0 Å². The van der Waals surface area contributed by atoms with E-state index in [9.17, 15) is 4.79 Å². The molecule has 0 saturated carbocycles. The fourth-order valence-electron chi connectivity index (χ4n) is 3.57. The zero-order chi connectivity index (χ0) is 22.9. The predicted octanol–water partition coefficient (Wildman–Crippen LogP) is 5.18. The fourth-order valence-corrected chi connectivity index (χ4v) is 3.89. The van der Waals surface area contributed by atoms with Gasteiger partial charge in [0.05, 0.1) is 22.2 Å². The molecule has 0 spiro atoms. The lowest BCUT2D eigenvalue weighted by Gasteiger charge is -2.27. The largest absolute Gasteiger partial charge is 0.336 e. The molecule has 0 aliphatic heterocycles. The maximum atomic E-state index is 13.3. The Balaban J connectivity index is 1.87. The van der Waals surface area contributed by atoms with Crippen molar-refractivity contribution in [2.45, 2.75) is 60.5 Å². The number of hydrogen-bond donors (Lipinski definition) is 0. The number of rotatable bonds is 6. The second-order valence-corrected chi connectivity index (χ2v) is 8.87. The van der Waals surface area contributed by atoms with Crippen molar-refractivity contribution in [3.05, 3.63) is 68.2 Å². The highest BCUT2D eigenvalue weighted by atomic mass is 35.5. The first kappa shape index (κ1) is 23.2. The van der Waals surface area contributed by atoms with Gasteiger partial charge in [-0.25, -0.2) is 14.6 Å². The Hall–Kier alpha value is -2.44. The average molecular weight is 460 g/mol. The van der Waals surface area contributed by atoms with Crippen molar-refractivity contribution < 1.29 is 4.79 Å². The van der Waals surface area contributed by atoms with Crippen LogP contribution in [-0.2, 0) is 17.8 Å². The van der Waals surface area contributed by atoms with Gasteiger partial charge in [0.2, 0.25) is 5.91 Å². The fraction of sp³-hybridized carbons (Fsp3) is 0.391. The minimum atomic E-state index is 0.0214. The highest BCUT2D eigenvalue weighted by Crippen LogP contribution is 2.24. The number of amides is 1. The minimum Gasteiger partial charge on any atom is -0.336 e. The summed E-state index contributed by atoms with van der Waals surface area (Å²) in [5.41, 5.74) is 5.25. The van der Waals surface area contributed by atoms with E-state index in [0.29, 0.717) is 22.5 Å². The molecule has 0 bridgehead atoms. The van der Waals surface area contributed by atoms with Crippen molar-refractivity contribution in [2.75, 3.05) is 0 Å². The van der Waals surface area contributed by atoms with Crippen molar-refractivity contribution >= 4 is 29.1 Å². The Morgan fingerprint density at radius 2 is 1.68 bits per heavy atom. The van der Waals surface area contributed by atoms with E-state index in [1.165, 1.54) is 0 Å². The van der Waals surface area contributed by atoms with E-state index in [0.717, 1.165) is 33.9 Å². The lowest BCUT2D eigenvalue weighted by molar-refractivity contribution is -0.132. The molecule has 3 aromatic rings. The lowest BCUT2D eigenvalue weighted by Crippen LogP contribution is -2.37. The standard InChI is InChI=1S/C23H27Cl2N5O/c1-13(2)29(12-18-7-8-20(24)21(25)10-18)22(31)11-19-16(5)28-30(17(19)6)23-26-14(3)9-15(4)27-23/h7-10,13H,11-12H2,1-6H3. The number of aromatic nitrogens is 4. The Morgan fingerprint density at radius 3 is 2.26 bits per heavy atom. The highest BCUT2D eigenvalue weighted by molar-refractivity contribution is 6.42. The van der Waals surface area contributed by atoms with Gasteiger partial charge in [-0.05, 0) is 65.3 Å². The molecule has 2 aromatic heterocycles. The van der Waals surface area contributed by atoms with Gasteiger partial charge in [0.15, 0.2) is 0 Å². The number of benzene rings is 1. The van der Waals surface area contributed by atoms with Crippen LogP contribution >= 0.6 is 23.2 Å². The quantitative estimate of drug-likeness (QED) is 0.509. The zero-order valence-corrected chi connectivity index (χ0v) is 20.2. The van der Waals surface area contributed by atoms with Crippen LogP contribution in [0.4, 0.5) is 0 Å². The molecule has 3 rings (SSSR count). The molecular formula is C23H27Cl2N5O. The normalized spacial score (nSPS) is 11.3. The highest BCUT2D eigenvalue weighted by Gasteiger charge is 2.23. The molecule has 1 amide bonds. The summed E-state index contributed by atoms with van der Waals surface area (Å²) in [6.45, 7) is 12.2. The zero-order valence-electron chi connectivity index (χ0n) is 18.7. The van der Waals surface area contributed by atoms with Gasteiger partial charge in [0, 0.05) is 35.2 Å². The summed E-state index contributed by atoms with van der Waals surface area (Å²) in [5.74, 6) is 0.543. The molecule has 2 heterocycles. The van der Waals surface area contributed by atoms with E-state index >= 15 is 0 Å². The molecule has 0 fully saturated rings. The van der Waals surface area contributed by atoms with Crippen LogP contribution in [0.1, 0.15) is 47.8 Å². The average Bonchev–Trinajstić information content (AvgIpc) is 2.96. The van der Waals surface area contributed by atoms with Gasteiger partial charge in [0.1, 0.15) is 0 Å². The van der Waals surface area contributed by atoms with Gasteiger partial charge in [-0.15, -0.1) is 0 Å². The molecule has 0 saturated heterocycles. The Labute approximate surface area is 193 Å². The van der Waals surface area contributed by atoms with E-state index in [2.05, 4.69) is 15.1 Å². The van der Waals surface area contributed by atoms with E-state index in [1.54, 1.807) is 16.8 Å². The Morgan fingerprint density at radius 1 is 1.03 bits per heavy atom. The number of carbonyl (C=O) groups is 1. The number of carbonyl (C=O) groups excluding carboxylic acids is 1. The minimum absolute atomic E-state index is 0.0214. The van der Waals surface area contributed by atoms with E-state index < -0.39 is 0 Å². The third-order valence-corrected chi connectivity index (χ3v) is 5.95. The van der Waals surface area contributed by atoms with Crippen molar-refractivity contribution in [3.8, 4) is 5.95 Å². The third-order valence-electron chi connectivity index (χ3n) is 5.21. The van der Waals surface area contributed by atoms with Crippen LogP contribution in [0.5, 0.6) is 0 Å². The first-order valence-corrected chi connectivity index (χ1v) is 10.9. The van der Waals surface area contributed by atoms with Crippen molar-refractivity contribution in [3.63, 3.8) is 0 Å². The van der Waals surface area contributed by atoms with Crippen LogP contribution in [0.25, 0.3) is 5.95 Å². The molecule has 1 aromatic carbocycles. The van der Waals surface area contributed by atoms with E-state index in [1.807, 2.05) is 58.6 Å². The Bertz CT molecular complexity index is 1100. The first-order valence-electron chi connectivity index (χ1n) is 10.2. The van der Waals surface area contributed by atoms with Crippen molar-refractivity contribution in [2.24, 2.45) is 0 Å². The molecule has 0 aliphatic carbocycles. The number of aryl methyl sites for hydroxylation is 3. The second-order valence-electron chi connectivity index (χ2n) is 8.05. The Kier molecular flexibility index (Phi) is 7.02. The monoisotopic (exact) mass is 459 g/mol.